The number of hydrogen-bond donors (Lipinski definition) is 0. The van der Waals surface area contributed by atoms with Crippen LogP contribution in [0, 0.1) is 12.7 Å². The number of rotatable bonds is 4. The summed E-state index contributed by atoms with van der Waals surface area (Å²) < 4.78 is 25.5. The molecule has 1 aliphatic heterocycles. The number of ether oxygens (including phenoxy) is 1. The van der Waals surface area contributed by atoms with Crippen LogP contribution in [0.25, 0.3) is 11.4 Å². The first-order chi connectivity index (χ1) is 14.3. The fourth-order valence-electron chi connectivity index (χ4n) is 3.51. The highest BCUT2D eigenvalue weighted by Gasteiger charge is 2.29. The van der Waals surface area contributed by atoms with E-state index < -0.39 is 0 Å². The van der Waals surface area contributed by atoms with Crippen molar-refractivity contribution >= 4 is 5.82 Å². The maximum Gasteiger partial charge on any atom is 0.258 e. The number of benzene rings is 1. The highest BCUT2D eigenvalue weighted by Crippen LogP contribution is 2.34. The highest BCUT2D eigenvalue weighted by molar-refractivity contribution is 5.55. The quantitative estimate of drug-likeness (QED) is 0.624. The van der Waals surface area contributed by atoms with E-state index in [0.717, 1.165) is 37.4 Å². The van der Waals surface area contributed by atoms with Gasteiger partial charge >= 0.3 is 0 Å². The van der Waals surface area contributed by atoms with Crippen LogP contribution >= 0.6 is 0 Å². The van der Waals surface area contributed by atoms with Gasteiger partial charge in [-0.1, -0.05) is 17.3 Å². The van der Waals surface area contributed by atoms with E-state index in [4.69, 9.17) is 9.26 Å². The summed E-state index contributed by atoms with van der Waals surface area (Å²) in [7, 11) is 0. The first-order valence-electron chi connectivity index (χ1n) is 10.2. The van der Waals surface area contributed by atoms with E-state index in [-0.39, 0.29) is 23.2 Å². The molecular weight excluding hydrogens is 385 g/mol. The molecule has 4 rings (SSSR count). The summed E-state index contributed by atoms with van der Waals surface area (Å²) in [5, 5.41) is 3.98. The van der Waals surface area contributed by atoms with Crippen molar-refractivity contribution in [2.45, 2.75) is 52.1 Å². The monoisotopic (exact) mass is 411 g/mol. The number of aromatic nitrogens is 4. The number of hydrogen-bond acceptors (Lipinski definition) is 7. The van der Waals surface area contributed by atoms with Gasteiger partial charge in [-0.15, -0.1) is 0 Å². The lowest BCUT2D eigenvalue weighted by Gasteiger charge is -2.33. The average molecular weight is 411 g/mol. The molecule has 0 amide bonds. The van der Waals surface area contributed by atoms with Gasteiger partial charge in [0.15, 0.2) is 5.82 Å². The zero-order chi connectivity index (χ0) is 21.3. The van der Waals surface area contributed by atoms with Crippen LogP contribution in [-0.2, 0) is 0 Å². The molecule has 0 bridgehead atoms. The molecule has 0 radical (unpaired) electrons. The first kappa shape index (κ1) is 20.3. The topological polar surface area (TPSA) is 77.2 Å². The molecule has 7 nitrogen and oxygen atoms in total. The van der Waals surface area contributed by atoms with E-state index in [1.165, 1.54) is 6.07 Å². The van der Waals surface area contributed by atoms with E-state index in [1.54, 1.807) is 24.4 Å². The first-order valence-corrected chi connectivity index (χ1v) is 10.2. The number of piperidine rings is 1. The Morgan fingerprint density at radius 1 is 1.13 bits per heavy atom. The van der Waals surface area contributed by atoms with Crippen molar-refractivity contribution in [3.05, 3.63) is 47.9 Å². The van der Waals surface area contributed by atoms with E-state index in [9.17, 15) is 4.39 Å². The number of aryl methyl sites for hydroxylation is 1. The van der Waals surface area contributed by atoms with Gasteiger partial charge in [-0.2, -0.15) is 4.98 Å². The van der Waals surface area contributed by atoms with E-state index >= 15 is 0 Å². The normalized spacial score (nSPS) is 15.4. The molecule has 0 unspecified atom stereocenters. The van der Waals surface area contributed by atoms with E-state index in [0.29, 0.717) is 17.3 Å². The molecular formula is C22H26FN5O2. The van der Waals surface area contributed by atoms with Crippen LogP contribution in [0.15, 0.2) is 35.0 Å². The Balaban J connectivity index is 1.48. The Kier molecular flexibility index (Phi) is 5.40. The van der Waals surface area contributed by atoms with Crippen LogP contribution in [0.4, 0.5) is 10.2 Å². The maximum atomic E-state index is 14.0. The third kappa shape index (κ3) is 4.42. The number of halogens is 1. The molecule has 3 aromatic rings. The second-order valence-corrected chi connectivity index (χ2v) is 8.55. The van der Waals surface area contributed by atoms with Crippen LogP contribution in [0.2, 0.25) is 0 Å². The summed E-state index contributed by atoms with van der Waals surface area (Å²) >= 11 is 0. The Labute approximate surface area is 175 Å². The second kappa shape index (κ2) is 8.01. The standard InChI is InChI=1S/C22H26FN5O2/c1-14-13-24-21(29-22(2,3)4)19(25-14)28-11-9-15(10-12-28)20-26-18(27-30-20)16-7-5-6-8-17(16)23/h5-8,13,15H,9-12H2,1-4H3. The predicted molar refractivity (Wildman–Crippen MR) is 111 cm³/mol. The fraction of sp³-hybridized carbons (Fsp3) is 0.455. The average Bonchev–Trinajstić information content (AvgIpc) is 3.19. The molecule has 0 N–H and O–H groups in total. The lowest BCUT2D eigenvalue weighted by Crippen LogP contribution is -2.35. The molecule has 1 saturated heterocycles. The second-order valence-electron chi connectivity index (χ2n) is 8.55. The van der Waals surface area contributed by atoms with Crippen LogP contribution in [0.1, 0.15) is 51.1 Å². The zero-order valence-electron chi connectivity index (χ0n) is 17.7. The summed E-state index contributed by atoms with van der Waals surface area (Å²) in [4.78, 5) is 15.8. The van der Waals surface area contributed by atoms with Crippen LogP contribution < -0.4 is 9.64 Å². The molecule has 0 spiro atoms. The molecule has 2 aromatic heterocycles. The smallest absolute Gasteiger partial charge is 0.258 e. The van der Waals surface area contributed by atoms with Gasteiger partial charge in [0.05, 0.1) is 17.5 Å². The van der Waals surface area contributed by atoms with Gasteiger partial charge in [0.2, 0.25) is 11.7 Å². The summed E-state index contributed by atoms with van der Waals surface area (Å²) in [6.07, 6.45) is 3.37. The fourth-order valence-corrected chi connectivity index (χ4v) is 3.51. The lowest BCUT2D eigenvalue weighted by molar-refractivity contribution is 0.124. The maximum absolute atomic E-state index is 14.0. The van der Waals surface area contributed by atoms with Crippen molar-refractivity contribution in [2.75, 3.05) is 18.0 Å². The Morgan fingerprint density at radius 3 is 2.57 bits per heavy atom. The highest BCUT2D eigenvalue weighted by atomic mass is 19.1. The minimum absolute atomic E-state index is 0.124. The molecule has 158 valence electrons. The van der Waals surface area contributed by atoms with Gasteiger partial charge in [-0.05, 0) is 52.7 Å². The summed E-state index contributed by atoms with van der Waals surface area (Å²) in [5.74, 6) is 1.92. The molecule has 0 aliphatic carbocycles. The molecule has 3 heterocycles. The van der Waals surface area contributed by atoms with Gasteiger partial charge in [-0.3, -0.25) is 0 Å². The van der Waals surface area contributed by atoms with Crippen molar-refractivity contribution in [3.63, 3.8) is 0 Å². The molecule has 1 aliphatic rings. The van der Waals surface area contributed by atoms with Crippen LogP contribution in [-0.4, -0.2) is 38.8 Å². The van der Waals surface area contributed by atoms with E-state index in [1.807, 2.05) is 27.7 Å². The lowest BCUT2D eigenvalue weighted by atomic mass is 9.97. The third-order valence-corrected chi connectivity index (χ3v) is 4.95. The largest absolute Gasteiger partial charge is 0.469 e. The zero-order valence-corrected chi connectivity index (χ0v) is 17.7. The molecule has 8 heteroatoms. The van der Waals surface area contributed by atoms with Crippen LogP contribution in [0.5, 0.6) is 5.88 Å². The van der Waals surface area contributed by atoms with Gasteiger partial charge < -0.3 is 14.2 Å². The van der Waals surface area contributed by atoms with Crippen molar-refractivity contribution in [2.24, 2.45) is 0 Å². The third-order valence-electron chi connectivity index (χ3n) is 4.95. The van der Waals surface area contributed by atoms with Crippen molar-refractivity contribution in [3.8, 4) is 17.3 Å². The van der Waals surface area contributed by atoms with Crippen LogP contribution in [0.3, 0.4) is 0 Å². The van der Waals surface area contributed by atoms with Crippen molar-refractivity contribution in [1.82, 2.24) is 20.1 Å². The minimum atomic E-state index is -0.357. The molecule has 1 fully saturated rings. The molecule has 30 heavy (non-hydrogen) atoms. The number of anilines is 1. The summed E-state index contributed by atoms with van der Waals surface area (Å²) in [6, 6.07) is 6.44. The molecule has 0 saturated carbocycles. The Hall–Kier alpha value is -3.03. The van der Waals surface area contributed by atoms with E-state index in [2.05, 4.69) is 25.0 Å². The van der Waals surface area contributed by atoms with Crippen molar-refractivity contribution in [1.29, 1.82) is 0 Å². The van der Waals surface area contributed by atoms with Gasteiger partial charge in [0.1, 0.15) is 11.4 Å². The number of nitrogens with zero attached hydrogens (tertiary/aromatic N) is 5. The molecule has 0 atom stereocenters. The minimum Gasteiger partial charge on any atom is -0.469 e. The summed E-state index contributed by atoms with van der Waals surface area (Å²) in [6.45, 7) is 9.43. The van der Waals surface area contributed by atoms with Crippen molar-refractivity contribution < 1.29 is 13.7 Å². The Morgan fingerprint density at radius 2 is 1.87 bits per heavy atom. The van der Waals surface area contributed by atoms with Gasteiger partial charge in [0.25, 0.3) is 5.88 Å². The van der Waals surface area contributed by atoms with Gasteiger partial charge in [0, 0.05) is 19.0 Å². The van der Waals surface area contributed by atoms with Gasteiger partial charge in [-0.25, -0.2) is 14.4 Å². The predicted octanol–water partition coefficient (Wildman–Crippen LogP) is 4.54. The SMILES string of the molecule is Cc1cnc(OC(C)(C)C)c(N2CCC(c3nc(-c4ccccc4F)no3)CC2)n1. The Bertz CT molecular complexity index is 1020. The summed E-state index contributed by atoms with van der Waals surface area (Å²) in [5.41, 5.74) is 0.841. The molecule has 1 aromatic carbocycles.